The maximum absolute atomic E-state index is 5.75. The van der Waals surface area contributed by atoms with Crippen molar-refractivity contribution >= 4 is 0 Å². The van der Waals surface area contributed by atoms with Crippen LogP contribution in [0.3, 0.4) is 0 Å². The van der Waals surface area contributed by atoms with Gasteiger partial charge in [-0.3, -0.25) is 9.88 Å². The average molecular weight is 263 g/mol. The standard InChI is InChI=1S/C15H25N3O/c1-12(2)17-6-8-19-14-9-13(10-16-11-14)15-5-4-7-18(15)3/h9-12,15,17H,4-8H2,1-3H3/t15-/m0/s1. The van der Waals surface area contributed by atoms with Gasteiger partial charge in [-0.2, -0.15) is 0 Å². The first-order valence-corrected chi connectivity index (χ1v) is 7.18. The monoisotopic (exact) mass is 263 g/mol. The van der Waals surface area contributed by atoms with Crippen LogP contribution >= 0.6 is 0 Å². The normalized spacial score (nSPS) is 20.1. The van der Waals surface area contributed by atoms with Crippen LogP contribution in [-0.2, 0) is 0 Å². The van der Waals surface area contributed by atoms with Crippen LogP contribution < -0.4 is 10.1 Å². The molecule has 1 aliphatic heterocycles. The van der Waals surface area contributed by atoms with E-state index in [2.05, 4.69) is 42.2 Å². The maximum Gasteiger partial charge on any atom is 0.137 e. The van der Waals surface area contributed by atoms with Gasteiger partial charge in [0, 0.05) is 24.8 Å². The van der Waals surface area contributed by atoms with Gasteiger partial charge in [0.1, 0.15) is 12.4 Å². The fraction of sp³-hybridized carbons (Fsp3) is 0.667. The van der Waals surface area contributed by atoms with Crippen molar-refractivity contribution in [1.29, 1.82) is 0 Å². The number of nitrogens with one attached hydrogen (secondary N) is 1. The Morgan fingerprint density at radius 2 is 2.32 bits per heavy atom. The third kappa shape index (κ3) is 4.18. The molecule has 1 aliphatic rings. The first kappa shape index (κ1) is 14.3. The largest absolute Gasteiger partial charge is 0.491 e. The van der Waals surface area contributed by atoms with Crippen molar-refractivity contribution in [1.82, 2.24) is 15.2 Å². The summed E-state index contributed by atoms with van der Waals surface area (Å²) in [5, 5.41) is 3.34. The third-order valence-corrected chi connectivity index (χ3v) is 3.56. The molecular weight excluding hydrogens is 238 g/mol. The van der Waals surface area contributed by atoms with Gasteiger partial charge in [-0.1, -0.05) is 13.8 Å². The summed E-state index contributed by atoms with van der Waals surface area (Å²) in [6.45, 7) is 7.00. The molecule has 0 unspecified atom stereocenters. The van der Waals surface area contributed by atoms with Gasteiger partial charge < -0.3 is 10.1 Å². The van der Waals surface area contributed by atoms with Crippen LogP contribution in [0.25, 0.3) is 0 Å². The highest BCUT2D eigenvalue weighted by molar-refractivity contribution is 5.26. The maximum atomic E-state index is 5.75. The molecule has 2 heterocycles. The highest BCUT2D eigenvalue weighted by atomic mass is 16.5. The molecule has 1 fully saturated rings. The zero-order chi connectivity index (χ0) is 13.7. The van der Waals surface area contributed by atoms with Gasteiger partial charge in [0.25, 0.3) is 0 Å². The second-order valence-corrected chi connectivity index (χ2v) is 5.55. The van der Waals surface area contributed by atoms with Gasteiger partial charge >= 0.3 is 0 Å². The van der Waals surface area contributed by atoms with Crippen molar-refractivity contribution in [3.63, 3.8) is 0 Å². The molecule has 1 atom stereocenters. The summed E-state index contributed by atoms with van der Waals surface area (Å²) in [7, 11) is 2.18. The zero-order valence-electron chi connectivity index (χ0n) is 12.2. The summed E-state index contributed by atoms with van der Waals surface area (Å²) in [5.41, 5.74) is 1.27. The Bertz CT molecular complexity index is 395. The molecule has 106 valence electrons. The molecule has 0 amide bonds. The number of hydrogen-bond donors (Lipinski definition) is 1. The molecule has 2 rings (SSSR count). The summed E-state index contributed by atoms with van der Waals surface area (Å²) >= 11 is 0. The SMILES string of the molecule is CC(C)NCCOc1cncc([C@@H]2CCCN2C)c1. The lowest BCUT2D eigenvalue weighted by atomic mass is 10.1. The van der Waals surface area contributed by atoms with Gasteiger partial charge in [-0.05, 0) is 38.1 Å². The topological polar surface area (TPSA) is 37.4 Å². The fourth-order valence-electron chi connectivity index (χ4n) is 2.54. The number of rotatable bonds is 6. The summed E-state index contributed by atoms with van der Waals surface area (Å²) in [6, 6.07) is 3.14. The van der Waals surface area contributed by atoms with Crippen molar-refractivity contribution < 1.29 is 4.74 Å². The highest BCUT2D eigenvalue weighted by Gasteiger charge is 2.22. The molecule has 0 aliphatic carbocycles. The van der Waals surface area contributed by atoms with E-state index in [1.807, 2.05) is 6.20 Å². The minimum absolute atomic E-state index is 0.500. The van der Waals surface area contributed by atoms with E-state index >= 15 is 0 Å². The Morgan fingerprint density at radius 3 is 3.00 bits per heavy atom. The quantitative estimate of drug-likeness (QED) is 0.799. The van der Waals surface area contributed by atoms with E-state index in [1.165, 1.54) is 24.9 Å². The van der Waals surface area contributed by atoms with E-state index in [0.717, 1.165) is 12.3 Å². The number of nitrogens with zero attached hydrogens (tertiary/aromatic N) is 2. The lowest BCUT2D eigenvalue weighted by Crippen LogP contribution is -2.27. The van der Waals surface area contributed by atoms with Crippen LogP contribution in [0.5, 0.6) is 5.75 Å². The molecule has 0 saturated carbocycles. The van der Waals surface area contributed by atoms with E-state index in [0.29, 0.717) is 18.7 Å². The molecule has 1 saturated heterocycles. The molecule has 19 heavy (non-hydrogen) atoms. The minimum atomic E-state index is 0.500. The van der Waals surface area contributed by atoms with E-state index in [-0.39, 0.29) is 0 Å². The van der Waals surface area contributed by atoms with Crippen LogP contribution in [0.2, 0.25) is 0 Å². The number of aromatic nitrogens is 1. The first-order chi connectivity index (χ1) is 9.16. The van der Waals surface area contributed by atoms with Gasteiger partial charge in [0.2, 0.25) is 0 Å². The Morgan fingerprint density at radius 1 is 1.47 bits per heavy atom. The Kier molecular flexibility index (Phi) is 5.16. The van der Waals surface area contributed by atoms with E-state index in [9.17, 15) is 0 Å². The third-order valence-electron chi connectivity index (χ3n) is 3.56. The minimum Gasteiger partial charge on any atom is -0.491 e. The van der Waals surface area contributed by atoms with Crippen molar-refractivity contribution in [3.05, 3.63) is 24.0 Å². The molecule has 0 radical (unpaired) electrons. The number of hydrogen-bond acceptors (Lipinski definition) is 4. The van der Waals surface area contributed by atoms with Gasteiger partial charge in [0.05, 0.1) is 6.20 Å². The van der Waals surface area contributed by atoms with E-state index in [4.69, 9.17) is 4.74 Å². The van der Waals surface area contributed by atoms with Crippen LogP contribution in [0.1, 0.15) is 38.3 Å². The summed E-state index contributed by atoms with van der Waals surface area (Å²) in [4.78, 5) is 6.70. The zero-order valence-corrected chi connectivity index (χ0v) is 12.2. The predicted octanol–water partition coefficient (Wildman–Crippen LogP) is 2.23. The first-order valence-electron chi connectivity index (χ1n) is 7.18. The summed E-state index contributed by atoms with van der Waals surface area (Å²) in [5.74, 6) is 0.878. The molecule has 0 bridgehead atoms. The number of likely N-dealkylation sites (tertiary alicyclic amines) is 1. The average Bonchev–Trinajstić information content (AvgIpc) is 2.81. The molecular formula is C15H25N3O. The van der Waals surface area contributed by atoms with Crippen LogP contribution in [0.4, 0.5) is 0 Å². The van der Waals surface area contributed by atoms with Crippen LogP contribution in [0.15, 0.2) is 18.5 Å². The van der Waals surface area contributed by atoms with Crippen LogP contribution in [-0.4, -0.2) is 42.7 Å². The van der Waals surface area contributed by atoms with E-state index < -0.39 is 0 Å². The van der Waals surface area contributed by atoms with Crippen molar-refractivity contribution in [2.24, 2.45) is 0 Å². The van der Waals surface area contributed by atoms with Crippen LogP contribution in [0, 0.1) is 0 Å². The highest BCUT2D eigenvalue weighted by Crippen LogP contribution is 2.31. The van der Waals surface area contributed by atoms with Crippen molar-refractivity contribution in [3.8, 4) is 5.75 Å². The Hall–Kier alpha value is -1.13. The lowest BCUT2D eigenvalue weighted by Gasteiger charge is -2.20. The molecule has 0 aromatic carbocycles. The predicted molar refractivity (Wildman–Crippen MR) is 77.5 cm³/mol. The van der Waals surface area contributed by atoms with Gasteiger partial charge in [0.15, 0.2) is 0 Å². The fourth-order valence-corrected chi connectivity index (χ4v) is 2.54. The number of ether oxygens (including phenoxy) is 1. The lowest BCUT2D eigenvalue weighted by molar-refractivity contribution is 0.300. The second-order valence-electron chi connectivity index (χ2n) is 5.55. The van der Waals surface area contributed by atoms with Gasteiger partial charge in [-0.15, -0.1) is 0 Å². The van der Waals surface area contributed by atoms with Gasteiger partial charge in [-0.25, -0.2) is 0 Å². The molecule has 4 nitrogen and oxygen atoms in total. The molecule has 0 spiro atoms. The Labute approximate surface area is 116 Å². The van der Waals surface area contributed by atoms with Crippen molar-refractivity contribution in [2.45, 2.75) is 38.8 Å². The second kappa shape index (κ2) is 6.87. The molecule has 1 aromatic rings. The molecule has 1 aromatic heterocycles. The summed E-state index contributed by atoms with van der Waals surface area (Å²) < 4.78 is 5.75. The summed E-state index contributed by atoms with van der Waals surface area (Å²) in [6.07, 6.45) is 6.25. The smallest absolute Gasteiger partial charge is 0.137 e. The number of pyridine rings is 1. The molecule has 1 N–H and O–H groups in total. The molecule has 4 heteroatoms. The Balaban J connectivity index is 1.88. The van der Waals surface area contributed by atoms with Crippen molar-refractivity contribution in [2.75, 3.05) is 26.7 Å². The van der Waals surface area contributed by atoms with E-state index in [1.54, 1.807) is 6.20 Å².